The monoisotopic (exact) mass is 469 g/mol. The number of hydrogen-bond donors (Lipinski definition) is 1. The fourth-order valence-corrected chi connectivity index (χ4v) is 5.38. The van der Waals surface area contributed by atoms with Gasteiger partial charge in [0, 0.05) is 61.7 Å². The van der Waals surface area contributed by atoms with Crippen LogP contribution in [0.1, 0.15) is 48.4 Å². The summed E-state index contributed by atoms with van der Waals surface area (Å²) in [6, 6.07) is 7.99. The zero-order valence-electron chi connectivity index (χ0n) is 19.2. The average molecular weight is 470 g/mol. The van der Waals surface area contributed by atoms with Gasteiger partial charge in [-0.3, -0.25) is 4.79 Å². The topological polar surface area (TPSA) is 70.6 Å². The quantitative estimate of drug-likeness (QED) is 0.701. The summed E-state index contributed by atoms with van der Waals surface area (Å²) >= 11 is 6.11. The van der Waals surface area contributed by atoms with Crippen LogP contribution in [0.5, 0.6) is 0 Å². The number of aryl methyl sites for hydroxylation is 1. The van der Waals surface area contributed by atoms with Gasteiger partial charge in [-0.25, -0.2) is 9.97 Å². The van der Waals surface area contributed by atoms with Gasteiger partial charge in [0.1, 0.15) is 12.1 Å². The maximum atomic E-state index is 13.6. The first kappa shape index (κ1) is 22.6. The largest absolute Gasteiger partial charge is 0.380 e. The predicted molar refractivity (Wildman–Crippen MR) is 129 cm³/mol. The summed E-state index contributed by atoms with van der Waals surface area (Å²) < 4.78 is 5.49. The Bertz CT molecular complexity index is 971. The molecule has 2 unspecified atom stereocenters. The molecule has 7 nitrogen and oxygen atoms in total. The van der Waals surface area contributed by atoms with Crippen LogP contribution in [-0.4, -0.2) is 72.8 Å². The van der Waals surface area contributed by atoms with E-state index in [9.17, 15) is 4.79 Å². The van der Waals surface area contributed by atoms with E-state index in [1.54, 1.807) is 6.33 Å². The molecule has 1 aliphatic carbocycles. The van der Waals surface area contributed by atoms with Gasteiger partial charge in [0.25, 0.3) is 0 Å². The summed E-state index contributed by atoms with van der Waals surface area (Å²) in [5, 5.41) is 4.23. The van der Waals surface area contributed by atoms with Gasteiger partial charge in [0.05, 0.1) is 12.5 Å². The molecule has 1 amide bonds. The summed E-state index contributed by atoms with van der Waals surface area (Å²) in [6.07, 6.45) is 4.86. The lowest BCUT2D eigenvalue weighted by Gasteiger charge is -2.38. The van der Waals surface area contributed by atoms with Crippen LogP contribution in [0.2, 0.25) is 5.02 Å². The van der Waals surface area contributed by atoms with Crippen molar-refractivity contribution in [2.75, 3.05) is 50.8 Å². The minimum atomic E-state index is -0.238. The number of rotatable bonds is 6. The van der Waals surface area contributed by atoms with Crippen LogP contribution in [0.4, 0.5) is 5.82 Å². The summed E-state index contributed by atoms with van der Waals surface area (Å²) in [5.74, 6) is 1.49. The molecule has 0 spiro atoms. The van der Waals surface area contributed by atoms with E-state index in [1.165, 1.54) is 11.3 Å². The molecule has 8 heteroatoms. The number of ether oxygens (including phenoxy) is 1. The molecule has 2 aromatic rings. The third-order valence-electron chi connectivity index (χ3n) is 7.25. The molecule has 0 saturated carbocycles. The maximum Gasteiger partial charge on any atom is 0.231 e. The van der Waals surface area contributed by atoms with Crippen molar-refractivity contribution >= 4 is 23.3 Å². The fraction of sp³-hybridized carbons (Fsp3) is 0.560. The molecule has 1 aromatic heterocycles. The number of piperazine rings is 1. The zero-order chi connectivity index (χ0) is 22.8. The first-order chi connectivity index (χ1) is 16.1. The Hall–Kier alpha value is -2.22. The van der Waals surface area contributed by atoms with Crippen molar-refractivity contribution in [1.82, 2.24) is 20.2 Å². The third-order valence-corrected chi connectivity index (χ3v) is 7.51. The van der Waals surface area contributed by atoms with Gasteiger partial charge >= 0.3 is 0 Å². The lowest BCUT2D eigenvalue weighted by molar-refractivity contribution is -0.133. The Morgan fingerprint density at radius 1 is 1.18 bits per heavy atom. The molecule has 2 aliphatic heterocycles. The molecule has 5 rings (SSSR count). The highest BCUT2D eigenvalue weighted by Crippen LogP contribution is 2.37. The molecule has 2 fully saturated rings. The molecule has 1 aromatic carbocycles. The van der Waals surface area contributed by atoms with Gasteiger partial charge in [-0.2, -0.15) is 0 Å². The lowest BCUT2D eigenvalue weighted by Crippen LogP contribution is -2.51. The summed E-state index contributed by atoms with van der Waals surface area (Å²) in [4.78, 5) is 27.1. The van der Waals surface area contributed by atoms with Gasteiger partial charge in [-0.1, -0.05) is 30.7 Å². The number of carbonyl (C=O) groups is 1. The molecule has 33 heavy (non-hydrogen) atoms. The van der Waals surface area contributed by atoms with E-state index in [1.807, 2.05) is 29.2 Å². The van der Waals surface area contributed by atoms with E-state index in [-0.39, 0.29) is 11.8 Å². The zero-order valence-corrected chi connectivity index (χ0v) is 19.9. The maximum absolute atomic E-state index is 13.6. The lowest BCUT2D eigenvalue weighted by atomic mass is 9.96. The van der Waals surface area contributed by atoms with E-state index in [4.69, 9.17) is 16.3 Å². The first-order valence-electron chi connectivity index (χ1n) is 12.0. The Balaban J connectivity index is 1.27. The molecular formula is C25H32ClN5O2. The predicted octanol–water partition coefficient (Wildman–Crippen LogP) is 2.99. The Kier molecular flexibility index (Phi) is 6.81. The van der Waals surface area contributed by atoms with Gasteiger partial charge in [-0.05, 0) is 42.9 Å². The van der Waals surface area contributed by atoms with Gasteiger partial charge in [-0.15, -0.1) is 0 Å². The summed E-state index contributed by atoms with van der Waals surface area (Å²) in [7, 11) is 0. The van der Waals surface area contributed by atoms with Crippen LogP contribution < -0.4 is 10.2 Å². The average Bonchev–Trinajstić information content (AvgIpc) is 3.50. The van der Waals surface area contributed by atoms with Crippen molar-refractivity contribution in [3.8, 4) is 0 Å². The summed E-state index contributed by atoms with van der Waals surface area (Å²) in [5.41, 5.74) is 3.50. The first-order valence-corrected chi connectivity index (χ1v) is 12.4. The van der Waals surface area contributed by atoms with E-state index >= 15 is 0 Å². The van der Waals surface area contributed by atoms with Crippen molar-refractivity contribution in [3.05, 3.63) is 52.4 Å². The van der Waals surface area contributed by atoms with Crippen molar-refractivity contribution < 1.29 is 9.53 Å². The van der Waals surface area contributed by atoms with Crippen molar-refractivity contribution in [2.24, 2.45) is 0 Å². The Morgan fingerprint density at radius 3 is 2.70 bits per heavy atom. The van der Waals surface area contributed by atoms with E-state index < -0.39 is 0 Å². The minimum absolute atomic E-state index is 0.171. The van der Waals surface area contributed by atoms with Crippen LogP contribution in [0, 0.1) is 0 Å². The number of nitrogens with one attached hydrogen (secondary N) is 1. The highest BCUT2D eigenvalue weighted by atomic mass is 35.5. The van der Waals surface area contributed by atoms with Gasteiger partial charge < -0.3 is 19.9 Å². The summed E-state index contributed by atoms with van der Waals surface area (Å²) in [6.45, 7) is 7.33. The SMILES string of the molecule is C[C@@H]1CCc2ncnc(N3CCN(C(=O)C(CNC4CCOC4)c4ccc(Cl)cc4)CC3)c21. The number of nitrogens with zero attached hydrogens (tertiary/aromatic N) is 4. The highest BCUT2D eigenvalue weighted by Gasteiger charge is 2.32. The van der Waals surface area contributed by atoms with Crippen molar-refractivity contribution in [2.45, 2.75) is 44.1 Å². The second kappa shape index (κ2) is 9.95. The van der Waals surface area contributed by atoms with E-state index in [0.29, 0.717) is 43.2 Å². The number of hydrogen-bond acceptors (Lipinski definition) is 6. The number of benzene rings is 1. The number of halogens is 1. The molecule has 0 radical (unpaired) electrons. The molecular weight excluding hydrogens is 438 g/mol. The van der Waals surface area contributed by atoms with Crippen molar-refractivity contribution in [1.29, 1.82) is 0 Å². The smallest absolute Gasteiger partial charge is 0.231 e. The number of aromatic nitrogens is 2. The highest BCUT2D eigenvalue weighted by molar-refractivity contribution is 6.30. The second-order valence-corrected chi connectivity index (χ2v) is 9.82. The van der Waals surface area contributed by atoms with Crippen LogP contribution in [0.3, 0.4) is 0 Å². The van der Waals surface area contributed by atoms with Crippen LogP contribution in [0.25, 0.3) is 0 Å². The standard InChI is InChI=1S/C25H32ClN5O2/c1-17-2-7-22-23(17)24(29-16-28-22)30-9-11-31(12-10-30)25(32)21(14-27-20-8-13-33-15-20)18-3-5-19(26)6-4-18/h3-6,16-17,20-21,27H,2,7-15H2,1H3/t17-,20?,21?/m1/s1. The molecule has 3 aliphatic rings. The molecule has 176 valence electrons. The number of anilines is 1. The second-order valence-electron chi connectivity index (χ2n) is 9.38. The third kappa shape index (κ3) is 4.86. The van der Waals surface area contributed by atoms with Gasteiger partial charge in [0.15, 0.2) is 0 Å². The number of fused-ring (bicyclic) bond motifs is 1. The molecule has 1 N–H and O–H groups in total. The molecule has 0 bridgehead atoms. The van der Waals surface area contributed by atoms with Crippen molar-refractivity contribution in [3.63, 3.8) is 0 Å². The van der Waals surface area contributed by atoms with E-state index in [2.05, 4.69) is 27.1 Å². The van der Waals surface area contributed by atoms with Crippen LogP contribution in [-0.2, 0) is 16.0 Å². The minimum Gasteiger partial charge on any atom is -0.380 e. The number of amides is 1. The Labute approximate surface area is 200 Å². The molecule has 2 saturated heterocycles. The fourth-order valence-electron chi connectivity index (χ4n) is 5.26. The number of carbonyl (C=O) groups excluding carboxylic acids is 1. The molecule has 3 heterocycles. The van der Waals surface area contributed by atoms with E-state index in [0.717, 1.165) is 50.3 Å². The van der Waals surface area contributed by atoms with Crippen LogP contribution >= 0.6 is 11.6 Å². The van der Waals surface area contributed by atoms with Gasteiger partial charge in [0.2, 0.25) is 5.91 Å². The normalized spacial score (nSPS) is 23.6. The molecule has 3 atom stereocenters. The Morgan fingerprint density at radius 2 is 1.97 bits per heavy atom. The van der Waals surface area contributed by atoms with Crippen LogP contribution in [0.15, 0.2) is 30.6 Å².